The first-order valence-corrected chi connectivity index (χ1v) is 6.93. The molecular weight excluding hydrogens is 272 g/mol. The van der Waals surface area contributed by atoms with E-state index < -0.39 is 0 Å². The number of nitrogens with zero attached hydrogens (tertiary/aromatic N) is 2. The van der Waals surface area contributed by atoms with Crippen LogP contribution in [0, 0.1) is 0 Å². The van der Waals surface area contributed by atoms with Gasteiger partial charge < -0.3 is 4.74 Å². The van der Waals surface area contributed by atoms with Gasteiger partial charge in [-0.15, -0.1) is 11.3 Å². The molecule has 0 aliphatic rings. The van der Waals surface area contributed by atoms with Gasteiger partial charge in [0.1, 0.15) is 5.75 Å². The Bertz CT molecular complexity index is 833. The van der Waals surface area contributed by atoms with Crippen LogP contribution in [0.3, 0.4) is 0 Å². The summed E-state index contributed by atoms with van der Waals surface area (Å²) in [6.45, 7) is 0. The molecule has 2 heterocycles. The van der Waals surface area contributed by atoms with E-state index in [0.29, 0.717) is 10.7 Å². The quantitative estimate of drug-likeness (QED) is 0.742. The van der Waals surface area contributed by atoms with Crippen LogP contribution in [0.2, 0.25) is 0 Å². The molecule has 0 saturated heterocycles. The fourth-order valence-corrected chi connectivity index (χ4v) is 2.60. The predicted molar refractivity (Wildman–Crippen MR) is 81.3 cm³/mol. The lowest BCUT2D eigenvalue weighted by Gasteiger charge is -2.00. The van der Waals surface area contributed by atoms with E-state index in [1.807, 2.05) is 41.8 Å². The molecule has 0 spiro atoms. The second-order valence-electron chi connectivity index (χ2n) is 4.18. The van der Waals surface area contributed by atoms with Crippen molar-refractivity contribution >= 4 is 28.4 Å². The van der Waals surface area contributed by atoms with Gasteiger partial charge in [0.05, 0.1) is 12.8 Å². The van der Waals surface area contributed by atoms with Crippen molar-refractivity contribution in [3.8, 4) is 5.75 Å². The van der Waals surface area contributed by atoms with Crippen LogP contribution in [0.4, 0.5) is 0 Å². The number of ether oxygens (including phenoxy) is 1. The molecule has 0 amide bonds. The van der Waals surface area contributed by atoms with Crippen molar-refractivity contribution in [2.24, 2.45) is 0 Å². The Morgan fingerprint density at radius 1 is 1.30 bits per heavy atom. The molecule has 3 rings (SSSR count). The molecule has 100 valence electrons. The summed E-state index contributed by atoms with van der Waals surface area (Å²) < 4.78 is 6.71. The highest BCUT2D eigenvalue weighted by Gasteiger charge is 2.00. The highest BCUT2D eigenvalue weighted by atomic mass is 32.1. The molecule has 0 fully saturated rings. The summed E-state index contributed by atoms with van der Waals surface area (Å²) in [6.07, 6.45) is 5.47. The second-order valence-corrected chi connectivity index (χ2v) is 5.06. The van der Waals surface area contributed by atoms with Gasteiger partial charge in [-0.2, -0.15) is 0 Å². The van der Waals surface area contributed by atoms with Crippen molar-refractivity contribution in [1.82, 2.24) is 9.38 Å². The van der Waals surface area contributed by atoms with Crippen LogP contribution in [-0.4, -0.2) is 16.5 Å². The molecule has 0 atom stereocenters. The first-order valence-electron chi connectivity index (χ1n) is 6.05. The van der Waals surface area contributed by atoms with E-state index in [9.17, 15) is 4.79 Å². The van der Waals surface area contributed by atoms with Crippen LogP contribution in [0.5, 0.6) is 5.75 Å². The number of aromatic nitrogens is 2. The number of benzene rings is 1. The molecule has 4 nitrogen and oxygen atoms in total. The maximum Gasteiger partial charge on any atom is 0.259 e. The fourth-order valence-electron chi connectivity index (χ4n) is 1.87. The van der Waals surface area contributed by atoms with Gasteiger partial charge >= 0.3 is 0 Å². The van der Waals surface area contributed by atoms with E-state index in [-0.39, 0.29) is 5.56 Å². The molecule has 20 heavy (non-hydrogen) atoms. The molecule has 0 N–H and O–H groups in total. The average molecular weight is 284 g/mol. The minimum Gasteiger partial charge on any atom is -0.497 e. The standard InChI is InChI=1S/C15H12N2O2S/c1-19-13-4-2-3-11(9-13)5-6-12-10-14(18)17-7-8-20-15(17)16-12/h2-10H,1H3. The zero-order valence-corrected chi connectivity index (χ0v) is 11.6. The predicted octanol–water partition coefficient (Wildman–Crippen LogP) is 2.94. The van der Waals surface area contributed by atoms with Gasteiger partial charge in [0.15, 0.2) is 4.96 Å². The maximum atomic E-state index is 11.8. The van der Waals surface area contributed by atoms with E-state index in [1.54, 1.807) is 13.3 Å². The topological polar surface area (TPSA) is 43.6 Å². The van der Waals surface area contributed by atoms with Gasteiger partial charge in [-0.05, 0) is 23.8 Å². The smallest absolute Gasteiger partial charge is 0.259 e. The minimum absolute atomic E-state index is 0.0680. The molecular formula is C15H12N2O2S. The summed E-state index contributed by atoms with van der Waals surface area (Å²) >= 11 is 1.44. The molecule has 0 aliphatic carbocycles. The third kappa shape index (κ3) is 2.48. The van der Waals surface area contributed by atoms with Gasteiger partial charge in [0.2, 0.25) is 0 Å². The van der Waals surface area contributed by atoms with Crippen molar-refractivity contribution in [1.29, 1.82) is 0 Å². The molecule has 0 bridgehead atoms. The monoisotopic (exact) mass is 284 g/mol. The van der Waals surface area contributed by atoms with Gasteiger partial charge in [-0.3, -0.25) is 9.20 Å². The Morgan fingerprint density at radius 3 is 3.05 bits per heavy atom. The Kier molecular flexibility index (Phi) is 3.35. The Morgan fingerprint density at radius 2 is 2.20 bits per heavy atom. The lowest BCUT2D eigenvalue weighted by atomic mass is 10.2. The average Bonchev–Trinajstić information content (AvgIpc) is 2.94. The second kappa shape index (κ2) is 5.30. The Labute approximate surface area is 119 Å². The van der Waals surface area contributed by atoms with Crippen molar-refractivity contribution in [2.45, 2.75) is 0 Å². The lowest BCUT2D eigenvalue weighted by Crippen LogP contribution is -2.11. The highest BCUT2D eigenvalue weighted by molar-refractivity contribution is 7.15. The summed E-state index contributed by atoms with van der Waals surface area (Å²) in [6, 6.07) is 9.22. The molecule has 0 aliphatic heterocycles. The zero-order chi connectivity index (χ0) is 13.9. The van der Waals surface area contributed by atoms with Crippen molar-refractivity contribution in [3.05, 3.63) is 63.5 Å². The van der Waals surface area contributed by atoms with Crippen LogP contribution in [0.1, 0.15) is 11.3 Å². The number of fused-ring (bicyclic) bond motifs is 1. The maximum absolute atomic E-state index is 11.8. The van der Waals surface area contributed by atoms with Crippen molar-refractivity contribution in [3.63, 3.8) is 0 Å². The Hall–Kier alpha value is -2.40. The third-order valence-corrected chi connectivity index (χ3v) is 3.62. The molecule has 2 aromatic heterocycles. The van der Waals surface area contributed by atoms with Crippen LogP contribution in [0.25, 0.3) is 17.1 Å². The minimum atomic E-state index is -0.0680. The van der Waals surface area contributed by atoms with Gasteiger partial charge in [-0.25, -0.2) is 4.98 Å². The molecule has 0 unspecified atom stereocenters. The van der Waals surface area contributed by atoms with Crippen LogP contribution < -0.4 is 10.3 Å². The summed E-state index contributed by atoms with van der Waals surface area (Å²) in [7, 11) is 1.63. The van der Waals surface area contributed by atoms with E-state index in [4.69, 9.17) is 4.74 Å². The highest BCUT2D eigenvalue weighted by Crippen LogP contribution is 2.15. The fraction of sp³-hybridized carbons (Fsp3) is 0.0667. The SMILES string of the molecule is COc1cccc(C=Cc2cc(=O)n3ccsc3n2)c1. The number of hydrogen-bond donors (Lipinski definition) is 0. The number of thiazole rings is 1. The number of rotatable bonds is 3. The largest absolute Gasteiger partial charge is 0.497 e. The normalized spacial score (nSPS) is 11.2. The van der Waals surface area contributed by atoms with Gasteiger partial charge in [0, 0.05) is 17.6 Å². The third-order valence-electron chi connectivity index (χ3n) is 2.86. The van der Waals surface area contributed by atoms with Crippen LogP contribution in [0.15, 0.2) is 46.7 Å². The lowest BCUT2D eigenvalue weighted by molar-refractivity contribution is 0.414. The number of hydrogen-bond acceptors (Lipinski definition) is 4. The first-order chi connectivity index (χ1) is 9.76. The van der Waals surface area contributed by atoms with Gasteiger partial charge in [-0.1, -0.05) is 18.2 Å². The molecule has 0 saturated carbocycles. The van der Waals surface area contributed by atoms with E-state index >= 15 is 0 Å². The van der Waals surface area contributed by atoms with E-state index in [1.165, 1.54) is 21.8 Å². The molecule has 3 aromatic rings. The van der Waals surface area contributed by atoms with Crippen molar-refractivity contribution < 1.29 is 4.74 Å². The summed E-state index contributed by atoms with van der Waals surface area (Å²) in [5.41, 5.74) is 1.58. The van der Waals surface area contributed by atoms with Crippen LogP contribution in [-0.2, 0) is 0 Å². The number of methoxy groups -OCH3 is 1. The van der Waals surface area contributed by atoms with E-state index in [0.717, 1.165) is 11.3 Å². The van der Waals surface area contributed by atoms with Crippen LogP contribution >= 0.6 is 11.3 Å². The Balaban J connectivity index is 1.95. The first kappa shape index (κ1) is 12.6. The molecule has 1 aromatic carbocycles. The van der Waals surface area contributed by atoms with Crippen molar-refractivity contribution in [2.75, 3.05) is 7.11 Å². The molecule has 5 heteroatoms. The van der Waals surface area contributed by atoms with E-state index in [2.05, 4.69) is 4.98 Å². The molecule has 0 radical (unpaired) electrons. The summed E-state index contributed by atoms with van der Waals surface area (Å²) in [4.78, 5) is 17.0. The summed E-state index contributed by atoms with van der Waals surface area (Å²) in [5.74, 6) is 0.800. The summed E-state index contributed by atoms with van der Waals surface area (Å²) in [5, 5.41) is 1.85. The zero-order valence-electron chi connectivity index (χ0n) is 10.8. The van der Waals surface area contributed by atoms with Gasteiger partial charge in [0.25, 0.3) is 5.56 Å².